The minimum absolute atomic E-state index is 0.587. The van der Waals surface area contributed by atoms with E-state index >= 15 is 0 Å². The molecule has 1 aromatic heterocycles. The molecule has 5 N–H and O–H groups in total. The zero-order chi connectivity index (χ0) is 15.9. The summed E-state index contributed by atoms with van der Waals surface area (Å²) in [6, 6.07) is 9.84. The van der Waals surface area contributed by atoms with Crippen LogP contribution < -0.4 is 20.5 Å². The van der Waals surface area contributed by atoms with Crippen molar-refractivity contribution >= 4 is 47.3 Å². The van der Waals surface area contributed by atoms with Crippen LogP contribution >= 0.6 is 31.4 Å². The number of aromatic amines is 1. The Bertz CT molecular complexity index is 621. The van der Waals surface area contributed by atoms with Crippen LogP contribution in [-0.2, 0) is 4.57 Å². The number of phosphoric acid groups is 1. The van der Waals surface area contributed by atoms with Crippen molar-refractivity contribution in [3.8, 4) is 0 Å². The van der Waals surface area contributed by atoms with Gasteiger partial charge in [-0.3, -0.25) is 4.57 Å². The molecule has 0 bridgehead atoms. The molecule has 0 amide bonds. The second-order valence-corrected chi connectivity index (χ2v) is 6.41. The van der Waals surface area contributed by atoms with Gasteiger partial charge in [0, 0.05) is 10.6 Å². The number of thiazole rings is 1. The topological polar surface area (TPSA) is 119 Å². The zero-order valence-electron chi connectivity index (χ0n) is 10.9. The Hall–Kier alpha value is -1.35. The number of aromatic nitrogens is 1. The summed E-state index contributed by atoms with van der Waals surface area (Å²) in [4.78, 5) is 27.2. The summed E-state index contributed by atoms with van der Waals surface area (Å²) in [5.74, 6) is 0. The van der Waals surface area contributed by atoms with Gasteiger partial charge in [0.25, 0.3) is 12.9 Å². The third-order valence-electron chi connectivity index (χ3n) is 1.93. The molecule has 1 heterocycles. The second kappa shape index (κ2) is 8.18. The largest absolute Gasteiger partial charge is 0.756 e. The number of H-pyrrole nitrogens is 1. The molecule has 0 saturated carbocycles. The smallest absolute Gasteiger partial charge is 0.338 e. The molecule has 0 aliphatic rings. The van der Waals surface area contributed by atoms with Gasteiger partial charge in [0.05, 0.1) is 0 Å². The van der Waals surface area contributed by atoms with Gasteiger partial charge in [0.1, 0.15) is 6.20 Å². The number of anilines is 2. The Morgan fingerprint density at radius 2 is 1.90 bits per heavy atom. The van der Waals surface area contributed by atoms with Gasteiger partial charge in [-0.25, -0.2) is 10.3 Å². The Morgan fingerprint density at radius 1 is 1.33 bits per heavy atom. The van der Waals surface area contributed by atoms with E-state index in [-0.39, 0.29) is 0 Å². The van der Waals surface area contributed by atoms with Crippen LogP contribution in [0.15, 0.2) is 36.5 Å². The highest BCUT2D eigenvalue weighted by atomic mass is 32.1. The lowest BCUT2D eigenvalue weighted by Gasteiger charge is -2.02. The molecule has 0 saturated heterocycles. The lowest BCUT2D eigenvalue weighted by atomic mass is 10.3. The maximum atomic E-state index is 8.77. The normalized spacial score (nSPS) is 10.3. The molecule has 0 radical (unpaired) electrons. The second-order valence-electron chi connectivity index (χ2n) is 3.77. The molecule has 10 heteroatoms. The number of hydrogen-bond donors (Lipinski definition) is 4. The van der Waals surface area contributed by atoms with E-state index in [0.717, 1.165) is 10.8 Å². The molecule has 7 nitrogen and oxygen atoms in total. The van der Waals surface area contributed by atoms with E-state index in [0.29, 0.717) is 5.11 Å². The molecule has 0 aliphatic heterocycles. The van der Waals surface area contributed by atoms with Crippen LogP contribution in [0, 0.1) is 6.92 Å². The first-order chi connectivity index (χ1) is 9.74. The van der Waals surface area contributed by atoms with Crippen LogP contribution in [0.5, 0.6) is 0 Å². The number of rotatable bonds is 2. The van der Waals surface area contributed by atoms with E-state index in [9.17, 15) is 0 Å². The number of aryl methyl sites for hydroxylation is 1. The Morgan fingerprint density at radius 3 is 2.38 bits per heavy atom. The third-order valence-corrected chi connectivity index (χ3v) is 3.00. The van der Waals surface area contributed by atoms with Crippen LogP contribution in [0.25, 0.3) is 0 Å². The highest BCUT2D eigenvalue weighted by Crippen LogP contribution is 2.19. The van der Waals surface area contributed by atoms with Crippen molar-refractivity contribution < 1.29 is 24.2 Å². The van der Waals surface area contributed by atoms with Crippen LogP contribution in [0.2, 0.25) is 0 Å². The predicted molar refractivity (Wildman–Crippen MR) is 83.9 cm³/mol. The number of benzene rings is 1. The predicted octanol–water partition coefficient (Wildman–Crippen LogP) is 1.12. The average molecular weight is 347 g/mol. The van der Waals surface area contributed by atoms with Crippen molar-refractivity contribution in [2.45, 2.75) is 6.92 Å². The number of para-hydroxylation sites is 1. The molecule has 0 fully saturated rings. The molecule has 21 heavy (non-hydrogen) atoms. The molecule has 2 aromatic rings. The first-order valence-corrected chi connectivity index (χ1v) is 8.37. The molecule has 0 atom stereocenters. The molecule has 0 unspecified atom stereocenters. The highest BCUT2D eigenvalue weighted by molar-refractivity contribution is 7.80. The molecule has 2 rings (SSSR count). The summed E-state index contributed by atoms with van der Waals surface area (Å²) in [7, 11) is -4.89. The van der Waals surface area contributed by atoms with Crippen molar-refractivity contribution in [3.05, 3.63) is 41.4 Å². The van der Waals surface area contributed by atoms with Crippen molar-refractivity contribution in [2.75, 3.05) is 10.6 Å². The van der Waals surface area contributed by atoms with Crippen LogP contribution in [0.1, 0.15) is 4.88 Å². The van der Waals surface area contributed by atoms with Crippen molar-refractivity contribution in [2.24, 2.45) is 0 Å². The van der Waals surface area contributed by atoms with Gasteiger partial charge in [-0.2, -0.15) is 0 Å². The fourth-order valence-corrected chi connectivity index (χ4v) is 2.23. The van der Waals surface area contributed by atoms with Crippen LogP contribution in [-0.4, -0.2) is 14.9 Å². The SMILES string of the molecule is Cc1c[nH+]c(NC(=S)Nc2ccccc2)s1.O=P([O-])(O)O. The van der Waals surface area contributed by atoms with E-state index in [4.69, 9.17) is 31.5 Å². The van der Waals surface area contributed by atoms with E-state index < -0.39 is 7.82 Å². The molecular weight excluding hydrogens is 333 g/mol. The first-order valence-electron chi connectivity index (χ1n) is 5.62. The van der Waals surface area contributed by atoms with Crippen LogP contribution in [0.4, 0.5) is 10.8 Å². The summed E-state index contributed by atoms with van der Waals surface area (Å²) >= 11 is 6.82. The number of hydrogen-bond acceptors (Lipinski definition) is 4. The molecule has 0 aliphatic carbocycles. The molecule has 1 aromatic carbocycles. The number of thiocarbonyl (C=S) groups is 1. The Kier molecular flexibility index (Phi) is 6.90. The third kappa shape index (κ3) is 9.24. The van der Waals surface area contributed by atoms with Gasteiger partial charge < -0.3 is 20.0 Å². The van der Waals surface area contributed by atoms with Crippen molar-refractivity contribution in [1.29, 1.82) is 0 Å². The monoisotopic (exact) mass is 347 g/mol. The minimum Gasteiger partial charge on any atom is -0.756 e. The van der Waals surface area contributed by atoms with Gasteiger partial charge in [-0.15, -0.1) is 0 Å². The maximum absolute atomic E-state index is 8.77. The van der Waals surface area contributed by atoms with Gasteiger partial charge in [-0.1, -0.05) is 29.5 Å². The standard InChI is InChI=1S/C11H11N3S2.H3O4P/c1-8-7-12-11(16-8)14-10(15)13-9-5-3-2-4-6-9;1-5(2,3)4/h2-7H,1H3,(H2,12,13,14,15);(H3,1,2,3,4). The van der Waals surface area contributed by atoms with Gasteiger partial charge >= 0.3 is 5.13 Å². The molecular formula is C11H14N3O4PS2. The van der Waals surface area contributed by atoms with Crippen molar-refractivity contribution in [1.82, 2.24) is 0 Å². The molecule has 114 valence electrons. The fraction of sp³-hybridized carbons (Fsp3) is 0.0909. The lowest BCUT2D eigenvalue weighted by molar-refractivity contribution is -0.354. The van der Waals surface area contributed by atoms with Crippen LogP contribution in [0.3, 0.4) is 0 Å². The summed E-state index contributed by atoms with van der Waals surface area (Å²) in [5.41, 5.74) is 0.980. The summed E-state index contributed by atoms with van der Waals surface area (Å²) in [6.07, 6.45) is 1.94. The summed E-state index contributed by atoms with van der Waals surface area (Å²) in [6.45, 7) is 2.04. The Balaban J connectivity index is 0.000000383. The van der Waals surface area contributed by atoms with E-state index in [2.05, 4.69) is 15.6 Å². The minimum atomic E-state index is -4.89. The molecule has 0 spiro atoms. The van der Waals surface area contributed by atoms with Gasteiger partial charge in [0.15, 0.2) is 0 Å². The lowest BCUT2D eigenvalue weighted by Crippen LogP contribution is -2.21. The van der Waals surface area contributed by atoms with E-state index in [1.807, 2.05) is 43.5 Å². The number of nitrogens with one attached hydrogen (secondary N) is 3. The van der Waals surface area contributed by atoms with Crippen molar-refractivity contribution in [3.63, 3.8) is 0 Å². The summed E-state index contributed by atoms with van der Waals surface area (Å²) < 4.78 is 8.77. The summed E-state index contributed by atoms with van der Waals surface area (Å²) in [5, 5.41) is 7.72. The van der Waals surface area contributed by atoms with E-state index in [1.165, 1.54) is 4.88 Å². The zero-order valence-corrected chi connectivity index (χ0v) is 13.5. The van der Waals surface area contributed by atoms with E-state index in [1.54, 1.807) is 11.3 Å². The maximum Gasteiger partial charge on any atom is 0.338 e. The first kappa shape index (κ1) is 17.7. The van der Waals surface area contributed by atoms with Gasteiger partial charge in [-0.05, 0) is 31.3 Å². The quantitative estimate of drug-likeness (QED) is 0.475. The Labute approximate surface area is 130 Å². The highest BCUT2D eigenvalue weighted by Gasteiger charge is 2.08. The average Bonchev–Trinajstić information content (AvgIpc) is 2.73. The van der Waals surface area contributed by atoms with Gasteiger partial charge in [0.2, 0.25) is 0 Å². The fourth-order valence-electron chi connectivity index (χ4n) is 1.24.